The number of nitrogens with zero attached hydrogens (tertiary/aromatic N) is 1. The van der Waals surface area contributed by atoms with Crippen LogP contribution in [0, 0.1) is 0 Å². The molecule has 0 amide bonds. The highest BCUT2D eigenvalue weighted by atomic mass is 16.7. The van der Waals surface area contributed by atoms with E-state index in [1.165, 1.54) is 19.3 Å². The summed E-state index contributed by atoms with van der Waals surface area (Å²) in [5.74, 6) is -2.33. The first-order valence-electron chi connectivity index (χ1n) is 26.0. The molecule has 0 radical (unpaired) electrons. The van der Waals surface area contributed by atoms with Crippen molar-refractivity contribution in [2.45, 2.75) is 193 Å². The quantitative estimate of drug-likeness (QED) is 0.0195. The van der Waals surface area contributed by atoms with Crippen molar-refractivity contribution < 1.29 is 42.9 Å². The molecular formula is C58H95NO8. The monoisotopic (exact) mass is 934 g/mol. The number of quaternary nitrogens is 1. The SMILES string of the molecule is CC/C=C\C/C=C\C/C=C\C/C=C\C/C=C\C/C=C\CCCCCCCCC(=O)OC(COC(=O)CCCCCCCCC/C=C\C/C=C\C/C=C\CC)COC(OCC[N+](C)(C)C)C(=O)[O-]. The van der Waals surface area contributed by atoms with Crippen molar-refractivity contribution in [3.8, 4) is 0 Å². The third-order valence-corrected chi connectivity index (χ3v) is 10.5. The molecule has 0 saturated heterocycles. The molecule has 0 aliphatic rings. The lowest BCUT2D eigenvalue weighted by atomic mass is 10.1. The molecule has 67 heavy (non-hydrogen) atoms. The molecule has 0 aromatic heterocycles. The summed E-state index contributed by atoms with van der Waals surface area (Å²) in [5, 5.41) is 11.7. The molecule has 2 atom stereocenters. The number of allylic oxidation sites excluding steroid dienone is 18. The molecule has 0 aromatic rings. The molecule has 0 fully saturated rings. The lowest BCUT2D eigenvalue weighted by Gasteiger charge is -2.26. The van der Waals surface area contributed by atoms with Gasteiger partial charge in [0.2, 0.25) is 0 Å². The number of hydrogen-bond donors (Lipinski definition) is 0. The molecule has 380 valence electrons. The van der Waals surface area contributed by atoms with Gasteiger partial charge in [-0.05, 0) is 96.3 Å². The number of carbonyl (C=O) groups excluding carboxylic acids is 3. The molecular weight excluding hydrogens is 839 g/mol. The molecule has 0 N–H and O–H groups in total. The standard InChI is InChI=1S/C58H95NO8/c1-6-8-10-12-14-16-18-20-22-24-25-26-27-28-29-30-31-33-35-37-39-41-43-45-47-49-56(61)67-54(53-66-58(57(62)63)64-51-50-59(3,4)5)52-65-55(60)48-46-44-42-40-38-36-34-32-23-21-19-17-15-13-11-9-7-2/h8-11,14-17,20-23,25-26,28-29,31,33,54,58H,6-7,12-13,18-19,24,27,30,32,34-53H2,1-5H3/b10-8-,11-9-,16-14-,17-15-,22-20-,23-21-,26-25-,29-28-,33-31-. The third kappa shape index (κ3) is 49.7. The van der Waals surface area contributed by atoms with Gasteiger partial charge >= 0.3 is 11.9 Å². The van der Waals surface area contributed by atoms with Crippen LogP contribution in [0.1, 0.15) is 181 Å². The zero-order chi connectivity index (χ0) is 49.2. The van der Waals surface area contributed by atoms with Gasteiger partial charge in [0.1, 0.15) is 13.2 Å². The zero-order valence-corrected chi connectivity index (χ0v) is 43.0. The lowest BCUT2D eigenvalue weighted by Crippen LogP contribution is -2.44. The van der Waals surface area contributed by atoms with Crippen LogP contribution in [-0.4, -0.2) is 82.3 Å². The molecule has 0 rings (SSSR count). The Morgan fingerprint density at radius 1 is 0.448 bits per heavy atom. The average Bonchev–Trinajstić information content (AvgIpc) is 3.29. The molecule has 0 saturated carbocycles. The number of unbranched alkanes of at least 4 members (excludes halogenated alkanes) is 13. The van der Waals surface area contributed by atoms with E-state index in [2.05, 4.69) is 123 Å². The maximum atomic E-state index is 12.8. The van der Waals surface area contributed by atoms with E-state index < -0.39 is 24.3 Å². The van der Waals surface area contributed by atoms with Gasteiger partial charge in [-0.15, -0.1) is 0 Å². The first kappa shape index (κ1) is 63.0. The van der Waals surface area contributed by atoms with Crippen molar-refractivity contribution in [2.75, 3.05) is 47.5 Å². The Kier molecular flexibility index (Phi) is 45.5. The van der Waals surface area contributed by atoms with E-state index >= 15 is 0 Å². The van der Waals surface area contributed by atoms with Crippen molar-refractivity contribution in [3.63, 3.8) is 0 Å². The van der Waals surface area contributed by atoms with Gasteiger partial charge in [-0.25, -0.2) is 0 Å². The molecule has 9 nitrogen and oxygen atoms in total. The van der Waals surface area contributed by atoms with Gasteiger partial charge in [0.05, 0.1) is 40.3 Å². The van der Waals surface area contributed by atoms with E-state index in [0.717, 1.165) is 128 Å². The predicted molar refractivity (Wildman–Crippen MR) is 278 cm³/mol. The van der Waals surface area contributed by atoms with Crippen LogP contribution in [0.25, 0.3) is 0 Å². The molecule has 9 heteroatoms. The molecule has 0 aliphatic carbocycles. The van der Waals surface area contributed by atoms with E-state index in [0.29, 0.717) is 17.4 Å². The van der Waals surface area contributed by atoms with Crippen LogP contribution < -0.4 is 5.11 Å². The minimum absolute atomic E-state index is 0.136. The summed E-state index contributed by atoms with van der Waals surface area (Å²) in [6.45, 7) is 4.47. The fraction of sp³-hybridized carbons (Fsp3) is 0.638. The van der Waals surface area contributed by atoms with Crippen LogP contribution in [-0.2, 0) is 33.3 Å². The van der Waals surface area contributed by atoms with Crippen molar-refractivity contribution in [1.29, 1.82) is 0 Å². The second-order valence-corrected chi connectivity index (χ2v) is 18.0. The first-order valence-corrected chi connectivity index (χ1v) is 26.0. The summed E-state index contributed by atoms with van der Waals surface area (Å²) in [4.78, 5) is 37.2. The number of hydrogen-bond acceptors (Lipinski definition) is 8. The highest BCUT2D eigenvalue weighted by molar-refractivity contribution is 5.70. The van der Waals surface area contributed by atoms with Gasteiger partial charge < -0.3 is 33.3 Å². The van der Waals surface area contributed by atoms with Crippen molar-refractivity contribution in [2.24, 2.45) is 0 Å². The second-order valence-electron chi connectivity index (χ2n) is 18.0. The summed E-state index contributed by atoms with van der Waals surface area (Å²) in [6, 6.07) is 0. The Hall–Kier alpha value is -4.05. The average molecular weight is 934 g/mol. The van der Waals surface area contributed by atoms with Crippen LogP contribution in [0.3, 0.4) is 0 Å². The third-order valence-electron chi connectivity index (χ3n) is 10.5. The molecule has 0 aliphatic heterocycles. The molecule has 0 aromatic carbocycles. The van der Waals surface area contributed by atoms with Gasteiger partial charge in [0.25, 0.3) is 0 Å². The maximum Gasteiger partial charge on any atom is 0.306 e. The number of carboxylic acid groups (broad SMARTS) is 1. The zero-order valence-electron chi connectivity index (χ0n) is 43.0. The highest BCUT2D eigenvalue weighted by Gasteiger charge is 2.21. The normalized spacial score (nSPS) is 13.7. The van der Waals surface area contributed by atoms with Crippen molar-refractivity contribution >= 4 is 17.9 Å². The summed E-state index contributed by atoms with van der Waals surface area (Å²) in [7, 11) is 5.90. The Balaban J connectivity index is 4.40. The minimum Gasteiger partial charge on any atom is -0.545 e. The number of carbonyl (C=O) groups is 3. The second kappa shape index (κ2) is 48.4. The van der Waals surface area contributed by atoms with E-state index in [1.54, 1.807) is 0 Å². The lowest BCUT2D eigenvalue weighted by molar-refractivity contribution is -0.870. The number of ether oxygens (including phenoxy) is 4. The van der Waals surface area contributed by atoms with Gasteiger partial charge in [-0.1, -0.05) is 181 Å². The number of carboxylic acids is 1. The van der Waals surface area contributed by atoms with E-state index in [4.69, 9.17) is 18.9 Å². The van der Waals surface area contributed by atoms with Crippen LogP contribution in [0.15, 0.2) is 109 Å². The molecule has 0 spiro atoms. The number of aliphatic carboxylic acids is 1. The van der Waals surface area contributed by atoms with Crippen LogP contribution >= 0.6 is 0 Å². The number of esters is 2. The fourth-order valence-corrected chi connectivity index (χ4v) is 6.55. The smallest absolute Gasteiger partial charge is 0.306 e. The highest BCUT2D eigenvalue weighted by Crippen LogP contribution is 2.13. The van der Waals surface area contributed by atoms with E-state index in [1.807, 2.05) is 21.1 Å². The Labute approximate surface area is 409 Å². The molecule has 0 bridgehead atoms. The summed E-state index contributed by atoms with van der Waals surface area (Å²) < 4.78 is 22.6. The Morgan fingerprint density at radius 2 is 0.806 bits per heavy atom. The van der Waals surface area contributed by atoms with Crippen LogP contribution in [0.4, 0.5) is 0 Å². The Morgan fingerprint density at radius 3 is 1.19 bits per heavy atom. The molecule has 0 heterocycles. The maximum absolute atomic E-state index is 12.8. The topological polar surface area (TPSA) is 111 Å². The first-order chi connectivity index (χ1) is 32.6. The van der Waals surface area contributed by atoms with Crippen molar-refractivity contribution in [3.05, 3.63) is 109 Å². The molecule has 2 unspecified atom stereocenters. The minimum atomic E-state index is -1.63. The van der Waals surface area contributed by atoms with E-state index in [9.17, 15) is 19.5 Å². The van der Waals surface area contributed by atoms with Gasteiger partial charge in [0.15, 0.2) is 12.4 Å². The van der Waals surface area contributed by atoms with Crippen LogP contribution in [0.5, 0.6) is 0 Å². The fourth-order valence-electron chi connectivity index (χ4n) is 6.55. The Bertz CT molecular complexity index is 1460. The number of rotatable bonds is 46. The summed E-state index contributed by atoms with van der Waals surface area (Å²) >= 11 is 0. The van der Waals surface area contributed by atoms with Crippen LogP contribution in [0.2, 0.25) is 0 Å². The largest absolute Gasteiger partial charge is 0.545 e. The number of likely N-dealkylation sites (N-methyl/N-ethyl adjacent to an activating group) is 1. The van der Waals surface area contributed by atoms with Gasteiger partial charge in [0, 0.05) is 12.8 Å². The summed E-state index contributed by atoms with van der Waals surface area (Å²) in [5.41, 5.74) is 0. The predicted octanol–water partition coefficient (Wildman–Crippen LogP) is 13.4. The van der Waals surface area contributed by atoms with E-state index in [-0.39, 0.29) is 38.6 Å². The van der Waals surface area contributed by atoms with Gasteiger partial charge in [-0.3, -0.25) is 9.59 Å². The van der Waals surface area contributed by atoms with Crippen molar-refractivity contribution in [1.82, 2.24) is 0 Å². The van der Waals surface area contributed by atoms with Gasteiger partial charge in [-0.2, -0.15) is 0 Å². The summed E-state index contributed by atoms with van der Waals surface area (Å²) in [6.07, 6.45) is 62.6.